The maximum absolute atomic E-state index is 12.6. The third kappa shape index (κ3) is 3.22. The molecule has 3 aromatic rings. The van der Waals surface area contributed by atoms with Crippen LogP contribution in [0.4, 0.5) is 5.69 Å². The first-order valence-electron chi connectivity index (χ1n) is 7.64. The van der Waals surface area contributed by atoms with E-state index >= 15 is 0 Å². The predicted octanol–water partition coefficient (Wildman–Crippen LogP) is 1.09. The molecule has 0 radical (unpaired) electrons. The van der Waals surface area contributed by atoms with Gasteiger partial charge in [-0.15, -0.1) is 0 Å². The van der Waals surface area contributed by atoms with Crippen LogP contribution >= 0.6 is 0 Å². The van der Waals surface area contributed by atoms with Crippen molar-refractivity contribution in [2.75, 3.05) is 12.4 Å². The van der Waals surface area contributed by atoms with E-state index in [-0.39, 0.29) is 16.1 Å². The number of rotatable bonds is 4. The standard InChI is InChI=1S/C17H16N4O4S/c1-18-26(24,25)12-9-7-11(8-10-12)19-16(22)15-13-5-3-4-6-14(13)17(23)21(2)20-15/h3-10,18H,1-2H3,(H,19,22). The van der Waals surface area contributed by atoms with E-state index in [0.717, 1.165) is 4.68 Å². The summed E-state index contributed by atoms with van der Waals surface area (Å²) < 4.78 is 26.8. The molecule has 9 heteroatoms. The van der Waals surface area contributed by atoms with E-state index in [4.69, 9.17) is 0 Å². The second-order valence-corrected chi connectivity index (χ2v) is 7.40. The van der Waals surface area contributed by atoms with Crippen LogP contribution in [-0.2, 0) is 17.1 Å². The van der Waals surface area contributed by atoms with E-state index in [1.54, 1.807) is 24.3 Å². The van der Waals surface area contributed by atoms with E-state index in [1.165, 1.54) is 38.4 Å². The van der Waals surface area contributed by atoms with Crippen molar-refractivity contribution >= 4 is 32.4 Å². The molecule has 134 valence electrons. The highest BCUT2D eigenvalue weighted by Gasteiger charge is 2.16. The van der Waals surface area contributed by atoms with Crippen molar-refractivity contribution < 1.29 is 13.2 Å². The smallest absolute Gasteiger partial charge is 0.276 e. The SMILES string of the molecule is CNS(=O)(=O)c1ccc(NC(=O)c2nn(C)c(=O)c3ccccc23)cc1. The van der Waals surface area contributed by atoms with Gasteiger partial charge in [-0.1, -0.05) is 18.2 Å². The molecule has 1 aromatic heterocycles. The van der Waals surface area contributed by atoms with Gasteiger partial charge in [0, 0.05) is 18.1 Å². The number of hydrogen-bond donors (Lipinski definition) is 2. The summed E-state index contributed by atoms with van der Waals surface area (Å²) in [5.74, 6) is -0.499. The van der Waals surface area contributed by atoms with E-state index in [9.17, 15) is 18.0 Å². The number of carbonyl (C=O) groups is 1. The molecule has 0 aliphatic carbocycles. The minimum absolute atomic E-state index is 0.0867. The van der Waals surface area contributed by atoms with Gasteiger partial charge in [-0.25, -0.2) is 17.8 Å². The number of carbonyl (C=O) groups excluding carboxylic acids is 1. The maximum atomic E-state index is 12.6. The van der Waals surface area contributed by atoms with Crippen LogP contribution in [-0.4, -0.2) is 31.2 Å². The highest BCUT2D eigenvalue weighted by atomic mass is 32.2. The summed E-state index contributed by atoms with van der Waals surface area (Å²) >= 11 is 0. The monoisotopic (exact) mass is 372 g/mol. The number of fused-ring (bicyclic) bond motifs is 1. The Kier molecular flexibility index (Phi) is 4.58. The number of aryl methyl sites for hydroxylation is 1. The average molecular weight is 372 g/mol. The fourth-order valence-corrected chi connectivity index (χ4v) is 3.22. The number of hydrogen-bond acceptors (Lipinski definition) is 5. The minimum Gasteiger partial charge on any atom is -0.321 e. The second kappa shape index (κ2) is 6.70. The minimum atomic E-state index is -3.55. The molecule has 0 bridgehead atoms. The topological polar surface area (TPSA) is 110 Å². The van der Waals surface area contributed by atoms with Gasteiger partial charge < -0.3 is 5.32 Å². The van der Waals surface area contributed by atoms with Crippen molar-refractivity contribution in [2.24, 2.45) is 7.05 Å². The Morgan fingerprint density at radius 2 is 1.65 bits per heavy atom. The Hall–Kier alpha value is -3.04. The summed E-state index contributed by atoms with van der Waals surface area (Å²) in [5, 5.41) is 7.56. The van der Waals surface area contributed by atoms with Gasteiger partial charge in [-0.2, -0.15) is 5.10 Å². The number of nitrogens with zero attached hydrogens (tertiary/aromatic N) is 2. The highest BCUT2D eigenvalue weighted by molar-refractivity contribution is 7.89. The van der Waals surface area contributed by atoms with E-state index in [0.29, 0.717) is 16.5 Å². The number of sulfonamides is 1. The fraction of sp³-hybridized carbons (Fsp3) is 0.118. The number of aromatic nitrogens is 2. The molecule has 0 saturated heterocycles. The van der Waals surface area contributed by atoms with Gasteiger partial charge in [0.15, 0.2) is 5.69 Å². The molecule has 0 aliphatic rings. The number of nitrogens with one attached hydrogen (secondary N) is 2. The Bertz CT molecular complexity index is 1150. The molecule has 2 aromatic carbocycles. The van der Waals surface area contributed by atoms with Crippen LogP contribution in [0, 0.1) is 0 Å². The molecule has 1 heterocycles. The fourth-order valence-electron chi connectivity index (χ4n) is 2.49. The largest absolute Gasteiger partial charge is 0.321 e. The highest BCUT2D eigenvalue weighted by Crippen LogP contribution is 2.17. The lowest BCUT2D eigenvalue weighted by molar-refractivity contribution is 0.102. The predicted molar refractivity (Wildman–Crippen MR) is 97.6 cm³/mol. The van der Waals surface area contributed by atoms with E-state index in [1.807, 2.05) is 0 Å². The zero-order chi connectivity index (χ0) is 18.9. The van der Waals surface area contributed by atoms with Crippen LogP contribution in [0.2, 0.25) is 0 Å². The van der Waals surface area contributed by atoms with Gasteiger partial charge in [0.1, 0.15) is 0 Å². The van der Waals surface area contributed by atoms with Gasteiger partial charge in [0.25, 0.3) is 11.5 Å². The van der Waals surface area contributed by atoms with Gasteiger partial charge in [-0.3, -0.25) is 9.59 Å². The Balaban J connectivity index is 1.95. The summed E-state index contributed by atoms with van der Waals surface area (Å²) in [5.41, 5.74) is 0.221. The molecule has 1 amide bonds. The second-order valence-electron chi connectivity index (χ2n) is 5.51. The summed E-state index contributed by atoms with van der Waals surface area (Å²) in [6.45, 7) is 0. The summed E-state index contributed by atoms with van der Waals surface area (Å²) in [6, 6.07) is 12.4. The third-order valence-electron chi connectivity index (χ3n) is 3.86. The molecule has 0 aliphatic heterocycles. The Morgan fingerprint density at radius 1 is 1.04 bits per heavy atom. The van der Waals surface area contributed by atoms with E-state index in [2.05, 4.69) is 15.1 Å². The van der Waals surface area contributed by atoms with Crippen molar-refractivity contribution in [1.29, 1.82) is 0 Å². The zero-order valence-corrected chi connectivity index (χ0v) is 14.9. The van der Waals surface area contributed by atoms with Gasteiger partial charge in [-0.05, 0) is 37.4 Å². The van der Waals surface area contributed by atoms with Crippen molar-refractivity contribution in [2.45, 2.75) is 4.90 Å². The first-order chi connectivity index (χ1) is 12.3. The van der Waals surface area contributed by atoms with Crippen LogP contribution in [0.15, 0.2) is 58.2 Å². The van der Waals surface area contributed by atoms with Crippen LogP contribution < -0.4 is 15.6 Å². The molecule has 8 nitrogen and oxygen atoms in total. The molecule has 0 unspecified atom stereocenters. The van der Waals surface area contributed by atoms with Crippen molar-refractivity contribution in [1.82, 2.24) is 14.5 Å². The molecule has 26 heavy (non-hydrogen) atoms. The molecule has 0 spiro atoms. The summed E-state index contributed by atoms with van der Waals surface area (Å²) in [7, 11) is -0.752. The quantitative estimate of drug-likeness (QED) is 0.712. The van der Waals surface area contributed by atoms with Crippen LogP contribution in [0.3, 0.4) is 0 Å². The first-order valence-corrected chi connectivity index (χ1v) is 9.13. The van der Waals surface area contributed by atoms with Crippen LogP contribution in [0.25, 0.3) is 10.8 Å². The maximum Gasteiger partial charge on any atom is 0.276 e. The van der Waals surface area contributed by atoms with Crippen molar-refractivity contribution in [3.63, 3.8) is 0 Å². The molecular weight excluding hydrogens is 356 g/mol. The number of benzene rings is 2. The average Bonchev–Trinajstić information content (AvgIpc) is 2.65. The van der Waals surface area contributed by atoms with Crippen LogP contribution in [0.1, 0.15) is 10.5 Å². The lowest BCUT2D eigenvalue weighted by Gasteiger charge is -2.09. The number of anilines is 1. The van der Waals surface area contributed by atoms with Gasteiger partial charge in [0.05, 0.1) is 10.3 Å². The van der Waals surface area contributed by atoms with Crippen LogP contribution in [0.5, 0.6) is 0 Å². The molecule has 2 N–H and O–H groups in total. The lowest BCUT2D eigenvalue weighted by Crippen LogP contribution is -2.25. The molecular formula is C17H16N4O4S. The summed E-state index contributed by atoms with van der Waals surface area (Å²) in [4.78, 5) is 24.8. The molecule has 0 saturated carbocycles. The Morgan fingerprint density at radius 3 is 2.27 bits per heavy atom. The lowest BCUT2D eigenvalue weighted by atomic mass is 10.1. The summed E-state index contributed by atoms with van der Waals surface area (Å²) in [6.07, 6.45) is 0. The van der Waals surface area contributed by atoms with E-state index < -0.39 is 15.9 Å². The van der Waals surface area contributed by atoms with Crippen molar-refractivity contribution in [3.05, 3.63) is 64.6 Å². The van der Waals surface area contributed by atoms with Gasteiger partial charge in [0.2, 0.25) is 10.0 Å². The number of amides is 1. The molecule has 0 fully saturated rings. The third-order valence-corrected chi connectivity index (χ3v) is 5.29. The first kappa shape index (κ1) is 17.8. The van der Waals surface area contributed by atoms with Crippen molar-refractivity contribution in [3.8, 4) is 0 Å². The normalized spacial score (nSPS) is 11.5. The molecule has 0 atom stereocenters. The molecule has 3 rings (SSSR count). The zero-order valence-electron chi connectivity index (χ0n) is 14.1. The Labute approximate surface area is 149 Å². The van der Waals surface area contributed by atoms with Gasteiger partial charge >= 0.3 is 0 Å².